The van der Waals surface area contributed by atoms with Crippen LogP contribution in [0.4, 0.5) is 0 Å². The average molecular weight is 218 g/mol. The zero-order chi connectivity index (χ0) is 11.9. The first-order chi connectivity index (χ1) is 7.57. The Morgan fingerprint density at radius 3 is 2.56 bits per heavy atom. The molecule has 0 aliphatic carbocycles. The maximum absolute atomic E-state index is 2.40. The second-order valence-corrected chi connectivity index (χ2v) is 4.97. The molecule has 3 unspecified atom stereocenters. The predicted molar refractivity (Wildman–Crippen MR) is 68.4 cm³/mol. The first-order valence-electron chi connectivity index (χ1n) is 6.10. The van der Waals surface area contributed by atoms with Gasteiger partial charge in [-0.05, 0) is 25.3 Å². The Hall–Kier alpha value is -1.18. The largest absolute Gasteiger partial charge is 0.359 e. The molecule has 0 fully saturated rings. The van der Waals surface area contributed by atoms with Gasteiger partial charge in [0.25, 0.3) is 0 Å². The van der Waals surface area contributed by atoms with E-state index in [2.05, 4.69) is 69.1 Å². The molecule has 16 heavy (non-hydrogen) atoms. The Morgan fingerprint density at radius 2 is 1.94 bits per heavy atom. The van der Waals surface area contributed by atoms with E-state index < -0.39 is 0 Å². The molecule has 0 radical (unpaired) electrons. The third-order valence-corrected chi connectivity index (χ3v) is 4.07. The van der Waals surface area contributed by atoms with E-state index in [9.17, 15) is 0 Å². The molecule has 3 atom stereocenters. The van der Waals surface area contributed by atoms with Crippen LogP contribution >= 0.6 is 0 Å². The smallest absolute Gasteiger partial charge is 0.108 e. The normalized spacial score (nSPS) is 34.2. The summed E-state index contributed by atoms with van der Waals surface area (Å²) >= 11 is 0. The van der Waals surface area contributed by atoms with Crippen LogP contribution in [0.1, 0.15) is 27.7 Å². The highest BCUT2D eigenvalue weighted by Gasteiger charge is 2.38. The quantitative estimate of drug-likeness (QED) is 0.667. The van der Waals surface area contributed by atoms with Crippen molar-refractivity contribution in [1.29, 1.82) is 0 Å². The number of allylic oxidation sites excluding steroid dienone is 4. The minimum absolute atomic E-state index is 0.504. The minimum atomic E-state index is 0.504. The summed E-state index contributed by atoms with van der Waals surface area (Å²) in [7, 11) is 2.16. The number of fused-ring (bicyclic) bond motifs is 1. The highest BCUT2D eigenvalue weighted by molar-refractivity contribution is 5.32. The van der Waals surface area contributed by atoms with Gasteiger partial charge in [0.1, 0.15) is 6.17 Å². The van der Waals surface area contributed by atoms with Gasteiger partial charge in [-0.1, -0.05) is 26.0 Å². The Bertz CT molecular complexity index is 365. The second-order valence-electron chi connectivity index (χ2n) is 4.97. The summed E-state index contributed by atoms with van der Waals surface area (Å²) in [6.45, 7) is 9.01. The van der Waals surface area contributed by atoms with Crippen LogP contribution in [0.3, 0.4) is 0 Å². The third-order valence-electron chi connectivity index (χ3n) is 4.07. The molecular formula is C14H22N2. The molecule has 2 nitrogen and oxygen atoms in total. The highest BCUT2D eigenvalue weighted by Crippen LogP contribution is 2.39. The molecule has 0 aromatic carbocycles. The lowest BCUT2D eigenvalue weighted by Gasteiger charge is -2.44. The fraction of sp³-hybridized carbons (Fsp3) is 0.571. The molecule has 88 valence electrons. The number of nitrogens with zero attached hydrogens (tertiary/aromatic N) is 2. The summed E-state index contributed by atoms with van der Waals surface area (Å²) in [5.41, 5.74) is 2.88. The van der Waals surface area contributed by atoms with Gasteiger partial charge in [-0.3, -0.25) is 0 Å². The third kappa shape index (κ3) is 1.48. The molecule has 2 heterocycles. The van der Waals surface area contributed by atoms with Gasteiger partial charge in [-0.2, -0.15) is 0 Å². The van der Waals surface area contributed by atoms with Gasteiger partial charge in [0.2, 0.25) is 0 Å². The molecule has 2 aliphatic heterocycles. The Labute approximate surface area is 98.9 Å². The number of hydrogen-bond donors (Lipinski definition) is 0. The second kappa shape index (κ2) is 4.00. The van der Waals surface area contributed by atoms with Crippen molar-refractivity contribution < 1.29 is 0 Å². The number of rotatable bonds is 1. The molecule has 2 rings (SSSR count). The molecule has 0 amide bonds. The van der Waals surface area contributed by atoms with E-state index in [1.165, 1.54) is 11.3 Å². The van der Waals surface area contributed by atoms with Crippen LogP contribution in [0, 0.1) is 11.8 Å². The van der Waals surface area contributed by atoms with Crippen LogP contribution in [0.2, 0.25) is 0 Å². The summed E-state index contributed by atoms with van der Waals surface area (Å²) in [4.78, 5) is 4.72. The maximum Gasteiger partial charge on any atom is 0.108 e. The van der Waals surface area contributed by atoms with Gasteiger partial charge in [0.05, 0.1) is 0 Å². The van der Waals surface area contributed by atoms with E-state index in [1.54, 1.807) is 0 Å². The van der Waals surface area contributed by atoms with Crippen LogP contribution in [0.5, 0.6) is 0 Å². The SMILES string of the molecule is C/C=C\C1=C(C)N2C=CN(C)C2C(C)C1C. The van der Waals surface area contributed by atoms with E-state index in [0.29, 0.717) is 18.0 Å². The Balaban J connectivity index is 2.43. The molecule has 0 saturated carbocycles. The van der Waals surface area contributed by atoms with Crippen LogP contribution in [0.25, 0.3) is 0 Å². The first-order valence-corrected chi connectivity index (χ1v) is 6.10. The highest BCUT2D eigenvalue weighted by atomic mass is 15.4. The summed E-state index contributed by atoms with van der Waals surface area (Å²) in [6.07, 6.45) is 9.29. The van der Waals surface area contributed by atoms with Crippen molar-refractivity contribution in [1.82, 2.24) is 9.80 Å². The van der Waals surface area contributed by atoms with Crippen LogP contribution in [-0.2, 0) is 0 Å². The Morgan fingerprint density at radius 1 is 1.25 bits per heavy atom. The first kappa shape index (κ1) is 11.3. The molecule has 0 bridgehead atoms. The lowest BCUT2D eigenvalue weighted by atomic mass is 9.81. The van der Waals surface area contributed by atoms with E-state index >= 15 is 0 Å². The zero-order valence-electron chi connectivity index (χ0n) is 10.9. The molecule has 0 aromatic rings. The topological polar surface area (TPSA) is 6.48 Å². The predicted octanol–water partition coefficient (Wildman–Crippen LogP) is 3.17. The molecule has 2 heteroatoms. The molecule has 0 N–H and O–H groups in total. The van der Waals surface area contributed by atoms with E-state index in [1.807, 2.05) is 0 Å². The lowest BCUT2D eigenvalue weighted by molar-refractivity contribution is 0.103. The number of hydrogen-bond acceptors (Lipinski definition) is 2. The van der Waals surface area contributed by atoms with Gasteiger partial charge in [-0.25, -0.2) is 0 Å². The fourth-order valence-electron chi connectivity index (χ4n) is 2.96. The van der Waals surface area contributed by atoms with Gasteiger partial charge >= 0.3 is 0 Å². The van der Waals surface area contributed by atoms with Crippen LogP contribution < -0.4 is 0 Å². The Kier molecular flexibility index (Phi) is 2.83. The molecule has 0 spiro atoms. The summed E-state index contributed by atoms with van der Waals surface area (Å²) in [5, 5.41) is 0. The van der Waals surface area contributed by atoms with Crippen molar-refractivity contribution >= 4 is 0 Å². The summed E-state index contributed by atoms with van der Waals surface area (Å²) < 4.78 is 0. The van der Waals surface area contributed by atoms with Gasteiger partial charge in [0, 0.05) is 31.1 Å². The molecule has 0 aromatic heterocycles. The standard InChI is InChI=1S/C14H22N2/c1-6-7-13-10(2)11(3)14-15(5)8-9-16(14)12(13)4/h6-11,14H,1-5H3/b7-6-. The van der Waals surface area contributed by atoms with Crippen molar-refractivity contribution in [3.8, 4) is 0 Å². The van der Waals surface area contributed by atoms with Crippen LogP contribution in [0.15, 0.2) is 35.8 Å². The fourth-order valence-corrected chi connectivity index (χ4v) is 2.96. The summed E-state index contributed by atoms with van der Waals surface area (Å²) in [6, 6.07) is 0. The summed E-state index contributed by atoms with van der Waals surface area (Å²) in [5.74, 6) is 1.27. The lowest BCUT2D eigenvalue weighted by Crippen LogP contribution is -2.47. The van der Waals surface area contributed by atoms with Crippen molar-refractivity contribution in [2.75, 3.05) is 7.05 Å². The van der Waals surface area contributed by atoms with Crippen LogP contribution in [-0.4, -0.2) is 23.0 Å². The van der Waals surface area contributed by atoms with Crippen molar-refractivity contribution in [3.63, 3.8) is 0 Å². The van der Waals surface area contributed by atoms with Gasteiger partial charge < -0.3 is 9.80 Å². The molecule has 2 aliphatic rings. The van der Waals surface area contributed by atoms with E-state index in [-0.39, 0.29) is 0 Å². The molecule has 0 saturated heterocycles. The van der Waals surface area contributed by atoms with Crippen molar-refractivity contribution in [3.05, 3.63) is 35.8 Å². The monoisotopic (exact) mass is 218 g/mol. The zero-order valence-corrected chi connectivity index (χ0v) is 10.9. The van der Waals surface area contributed by atoms with Crippen molar-refractivity contribution in [2.45, 2.75) is 33.9 Å². The minimum Gasteiger partial charge on any atom is -0.359 e. The average Bonchev–Trinajstić information content (AvgIpc) is 2.64. The maximum atomic E-state index is 2.40. The van der Waals surface area contributed by atoms with Gasteiger partial charge in [-0.15, -0.1) is 0 Å². The van der Waals surface area contributed by atoms with Crippen molar-refractivity contribution in [2.24, 2.45) is 11.8 Å². The van der Waals surface area contributed by atoms with E-state index in [4.69, 9.17) is 0 Å². The van der Waals surface area contributed by atoms with Gasteiger partial charge in [0.15, 0.2) is 0 Å². The molecular weight excluding hydrogens is 196 g/mol. The van der Waals surface area contributed by atoms with E-state index in [0.717, 1.165) is 0 Å².